The summed E-state index contributed by atoms with van der Waals surface area (Å²) in [7, 11) is 1.37. The predicted octanol–water partition coefficient (Wildman–Crippen LogP) is -2.12. The summed E-state index contributed by atoms with van der Waals surface area (Å²) < 4.78 is 10.6. The van der Waals surface area contributed by atoms with Gasteiger partial charge in [0.2, 0.25) is 17.5 Å². The van der Waals surface area contributed by atoms with Gasteiger partial charge in [-0.3, -0.25) is 24.6 Å². The highest BCUT2D eigenvalue weighted by molar-refractivity contribution is 6.27. The fraction of sp³-hybridized carbons (Fsp3) is 0.467. The van der Waals surface area contributed by atoms with E-state index in [2.05, 4.69) is 5.32 Å². The second-order valence-corrected chi connectivity index (χ2v) is 6.39. The van der Waals surface area contributed by atoms with Crippen molar-refractivity contribution in [3.8, 4) is 0 Å². The molecular formula is C15H16N4O6. The molecule has 5 N–H and O–H groups in total. The van der Waals surface area contributed by atoms with Gasteiger partial charge in [0.05, 0.1) is 17.7 Å². The number of piperazine rings is 1. The molecule has 132 valence electrons. The van der Waals surface area contributed by atoms with Crippen LogP contribution in [0.25, 0.3) is 0 Å². The van der Waals surface area contributed by atoms with Crippen LogP contribution >= 0.6 is 0 Å². The minimum atomic E-state index is -1.34. The summed E-state index contributed by atoms with van der Waals surface area (Å²) in [6.45, 7) is 1.11. The smallest absolute Gasteiger partial charge is 0.404 e. The van der Waals surface area contributed by atoms with Gasteiger partial charge in [0.25, 0.3) is 0 Å². The molecule has 4 atom stereocenters. The minimum absolute atomic E-state index is 0.0247. The number of fused-ring (bicyclic) bond motifs is 4. The zero-order valence-electron chi connectivity index (χ0n) is 13.5. The van der Waals surface area contributed by atoms with Crippen molar-refractivity contribution >= 4 is 23.6 Å². The molecule has 3 aliphatic heterocycles. The van der Waals surface area contributed by atoms with Gasteiger partial charge in [-0.25, -0.2) is 4.79 Å². The molecule has 0 radical (unpaired) electrons. The third kappa shape index (κ3) is 1.65. The van der Waals surface area contributed by atoms with Crippen LogP contribution in [0, 0.1) is 5.92 Å². The Kier molecular flexibility index (Phi) is 2.95. The third-order valence-electron chi connectivity index (χ3n) is 5.36. The van der Waals surface area contributed by atoms with E-state index in [4.69, 9.17) is 20.9 Å². The summed E-state index contributed by atoms with van der Waals surface area (Å²) in [5.41, 5.74) is 9.36. The Labute approximate surface area is 141 Å². The second-order valence-electron chi connectivity index (χ2n) is 6.39. The maximum atomic E-state index is 12.8. The lowest BCUT2D eigenvalue weighted by Crippen LogP contribution is -2.56. The summed E-state index contributed by atoms with van der Waals surface area (Å²) in [5.74, 6) is -2.32. The molecule has 4 aliphatic rings. The number of methoxy groups -OCH3 is 1. The Morgan fingerprint density at radius 2 is 2.00 bits per heavy atom. The third-order valence-corrected chi connectivity index (χ3v) is 5.36. The number of carbonyl (C=O) groups is 4. The summed E-state index contributed by atoms with van der Waals surface area (Å²) in [4.78, 5) is 50.5. The van der Waals surface area contributed by atoms with Gasteiger partial charge < -0.3 is 20.9 Å². The van der Waals surface area contributed by atoms with Crippen LogP contribution in [0.2, 0.25) is 0 Å². The van der Waals surface area contributed by atoms with Crippen LogP contribution in [0.1, 0.15) is 6.92 Å². The number of rotatable bonds is 3. The molecule has 0 saturated carbocycles. The Morgan fingerprint density at radius 3 is 2.60 bits per heavy atom. The van der Waals surface area contributed by atoms with Crippen molar-refractivity contribution in [2.75, 3.05) is 13.7 Å². The van der Waals surface area contributed by atoms with Gasteiger partial charge in [-0.1, -0.05) is 0 Å². The summed E-state index contributed by atoms with van der Waals surface area (Å²) in [6.07, 6.45) is -1.04. The normalized spacial score (nSPS) is 35.8. The quantitative estimate of drug-likeness (QED) is 0.384. The zero-order valence-corrected chi connectivity index (χ0v) is 13.5. The van der Waals surface area contributed by atoms with Crippen molar-refractivity contribution in [3.63, 3.8) is 0 Å². The number of amides is 2. The topological polar surface area (TPSA) is 164 Å². The SMILES string of the molecule is CO[C@@]12[C@H](COC(N)=O)C3=C(C(=O)C(C)=C(N)C3=O)N1C(=O)[C@@H]1N[C@@H]12. The lowest BCUT2D eigenvalue weighted by atomic mass is 9.82. The molecule has 10 nitrogen and oxygen atoms in total. The number of ether oxygens (including phenoxy) is 2. The van der Waals surface area contributed by atoms with Crippen LogP contribution in [0.5, 0.6) is 0 Å². The molecule has 0 aromatic heterocycles. The molecule has 0 bridgehead atoms. The monoisotopic (exact) mass is 348 g/mol. The van der Waals surface area contributed by atoms with Crippen LogP contribution in [0.4, 0.5) is 4.79 Å². The van der Waals surface area contributed by atoms with Gasteiger partial charge in [0.1, 0.15) is 18.3 Å². The van der Waals surface area contributed by atoms with Crippen LogP contribution in [-0.4, -0.2) is 60.0 Å². The van der Waals surface area contributed by atoms with Gasteiger partial charge >= 0.3 is 6.09 Å². The van der Waals surface area contributed by atoms with E-state index in [-0.39, 0.29) is 35.1 Å². The van der Waals surface area contributed by atoms with Crippen molar-refractivity contribution in [1.82, 2.24) is 10.2 Å². The molecule has 2 amide bonds. The molecule has 25 heavy (non-hydrogen) atoms. The molecule has 3 heterocycles. The number of nitrogens with two attached hydrogens (primary N) is 2. The second kappa shape index (κ2) is 4.67. The number of hydrogen-bond donors (Lipinski definition) is 3. The maximum absolute atomic E-state index is 12.8. The van der Waals surface area contributed by atoms with E-state index in [9.17, 15) is 19.2 Å². The van der Waals surface area contributed by atoms with Crippen molar-refractivity contribution < 1.29 is 28.7 Å². The molecule has 0 spiro atoms. The first-order valence-electron chi connectivity index (χ1n) is 7.64. The molecule has 0 unspecified atom stereocenters. The first-order valence-corrected chi connectivity index (χ1v) is 7.64. The van der Waals surface area contributed by atoms with Crippen molar-refractivity contribution in [2.45, 2.75) is 24.7 Å². The molecule has 10 heteroatoms. The van der Waals surface area contributed by atoms with Gasteiger partial charge in [-0.2, -0.15) is 0 Å². The number of carbonyl (C=O) groups excluding carboxylic acids is 4. The average Bonchev–Trinajstić information content (AvgIpc) is 3.26. The summed E-state index contributed by atoms with van der Waals surface area (Å²) >= 11 is 0. The highest BCUT2D eigenvalue weighted by Gasteiger charge is 2.76. The average molecular weight is 348 g/mol. The molecule has 4 rings (SSSR count). The van der Waals surface area contributed by atoms with E-state index in [0.717, 1.165) is 0 Å². The Hall–Kier alpha value is -2.72. The fourth-order valence-corrected chi connectivity index (χ4v) is 4.14. The van der Waals surface area contributed by atoms with Crippen molar-refractivity contribution in [3.05, 3.63) is 22.5 Å². The van der Waals surface area contributed by atoms with Crippen LogP contribution in [0.15, 0.2) is 22.5 Å². The van der Waals surface area contributed by atoms with E-state index in [1.165, 1.54) is 18.9 Å². The highest BCUT2D eigenvalue weighted by atomic mass is 16.6. The van der Waals surface area contributed by atoms with E-state index < -0.39 is 41.4 Å². The molecule has 2 fully saturated rings. The van der Waals surface area contributed by atoms with E-state index >= 15 is 0 Å². The summed E-state index contributed by atoms with van der Waals surface area (Å²) in [5, 5.41) is 2.98. The Balaban J connectivity index is 1.90. The van der Waals surface area contributed by atoms with Crippen molar-refractivity contribution in [1.29, 1.82) is 0 Å². The van der Waals surface area contributed by atoms with Gasteiger partial charge in [-0.05, 0) is 6.92 Å². The largest absolute Gasteiger partial charge is 0.449 e. The minimum Gasteiger partial charge on any atom is -0.449 e. The van der Waals surface area contributed by atoms with Gasteiger partial charge in [0.15, 0.2) is 5.72 Å². The lowest BCUT2D eigenvalue weighted by Gasteiger charge is -2.38. The summed E-state index contributed by atoms with van der Waals surface area (Å²) in [6, 6.07) is -0.934. The molecule has 1 aliphatic carbocycles. The highest BCUT2D eigenvalue weighted by Crippen LogP contribution is 2.56. The molecule has 0 aromatic rings. The number of ketones is 2. The van der Waals surface area contributed by atoms with Gasteiger partial charge in [-0.15, -0.1) is 0 Å². The number of nitrogens with one attached hydrogen (secondary N) is 1. The van der Waals surface area contributed by atoms with Crippen molar-refractivity contribution in [2.24, 2.45) is 17.4 Å². The fourth-order valence-electron chi connectivity index (χ4n) is 4.14. The van der Waals surface area contributed by atoms with Crippen LogP contribution < -0.4 is 16.8 Å². The number of nitrogens with zero attached hydrogens (tertiary/aromatic N) is 1. The first kappa shape index (κ1) is 15.8. The zero-order chi connectivity index (χ0) is 18.3. The lowest BCUT2D eigenvalue weighted by molar-refractivity contribution is -0.160. The number of hydrogen-bond acceptors (Lipinski definition) is 8. The number of Topliss-reactive ketones (excluding diaryl/α,β-unsaturated/α-hetero) is 2. The first-order chi connectivity index (χ1) is 11.8. The van der Waals surface area contributed by atoms with E-state index in [1.54, 1.807) is 0 Å². The Bertz CT molecular complexity index is 830. The van der Waals surface area contributed by atoms with Crippen LogP contribution in [-0.2, 0) is 23.9 Å². The Morgan fingerprint density at radius 1 is 1.32 bits per heavy atom. The predicted molar refractivity (Wildman–Crippen MR) is 80.3 cm³/mol. The molecule has 0 aromatic carbocycles. The molecule has 2 saturated heterocycles. The van der Waals surface area contributed by atoms with E-state index in [0.29, 0.717) is 0 Å². The molecular weight excluding hydrogens is 332 g/mol. The number of primary amides is 1. The van der Waals surface area contributed by atoms with Gasteiger partial charge in [0, 0.05) is 18.3 Å². The number of allylic oxidation sites excluding steroid dienone is 2. The van der Waals surface area contributed by atoms with E-state index in [1.807, 2.05) is 0 Å². The standard InChI is InChI=1S/C15H16N4O6/c1-4-7(16)11(21)6-5(3-25-14(17)23)15(24-2)12-8(18-12)13(22)19(15)9(6)10(4)20/h5,8,12,18H,3,16H2,1-2H3,(H2,17,23)/t5-,8-,12+,15-/m1/s1. The van der Waals surface area contributed by atoms with Crippen LogP contribution in [0.3, 0.4) is 0 Å². The maximum Gasteiger partial charge on any atom is 0.404 e.